The predicted octanol–water partition coefficient (Wildman–Crippen LogP) is 7.85. The van der Waals surface area contributed by atoms with Gasteiger partial charge < -0.3 is 14.0 Å². The Morgan fingerprint density at radius 2 is 1.30 bits per heavy atom. The van der Waals surface area contributed by atoms with Gasteiger partial charge in [0.1, 0.15) is 11.8 Å². The van der Waals surface area contributed by atoms with E-state index < -0.39 is 12.1 Å². The Balaban J connectivity index is 1.45. The van der Waals surface area contributed by atoms with Crippen molar-refractivity contribution in [1.82, 2.24) is 4.57 Å². The molecule has 0 unspecified atom stereocenters. The van der Waals surface area contributed by atoms with E-state index in [1.165, 1.54) is 0 Å². The highest BCUT2D eigenvalue weighted by Gasteiger charge is 2.27. The van der Waals surface area contributed by atoms with E-state index >= 15 is 0 Å². The van der Waals surface area contributed by atoms with Crippen LogP contribution < -0.4 is 4.74 Å². The molecule has 0 aliphatic rings. The molecule has 0 N–H and O–H groups in total. The largest absolute Gasteiger partial charge is 0.497 e. The molecule has 6 aromatic rings. The number of rotatable bonds is 6. The molecule has 6 rings (SSSR count). The van der Waals surface area contributed by atoms with Gasteiger partial charge in [-0.05, 0) is 52.7 Å². The third-order valence-corrected chi connectivity index (χ3v) is 7.13. The highest BCUT2D eigenvalue weighted by atomic mass is 16.5. The second kappa shape index (κ2) is 9.47. The number of fused-ring (bicyclic) bond motifs is 3. The maximum absolute atomic E-state index is 13.8. The van der Waals surface area contributed by atoms with Crippen molar-refractivity contribution < 1.29 is 14.3 Å². The zero-order valence-corrected chi connectivity index (χ0v) is 20.8. The third kappa shape index (κ3) is 4.11. The van der Waals surface area contributed by atoms with Crippen molar-refractivity contribution in [3.63, 3.8) is 0 Å². The van der Waals surface area contributed by atoms with Gasteiger partial charge in [-0.2, -0.15) is 0 Å². The number of ether oxygens (including phenoxy) is 2. The first-order chi connectivity index (χ1) is 18.1. The van der Waals surface area contributed by atoms with Gasteiger partial charge in [-0.15, -0.1) is 0 Å². The van der Waals surface area contributed by atoms with E-state index in [2.05, 4.69) is 48.5 Å². The Labute approximate surface area is 215 Å². The topological polar surface area (TPSA) is 40.5 Å². The normalized spacial score (nSPS) is 12.3. The van der Waals surface area contributed by atoms with Crippen LogP contribution in [0.4, 0.5) is 0 Å². The SMILES string of the molecule is COc1ccc2c(ccn2[C@@H](C)C(=O)OC(c2cccc3ccccc23)c2cccc3ccccc23)c1. The van der Waals surface area contributed by atoms with Gasteiger partial charge in [0.05, 0.1) is 7.11 Å². The van der Waals surface area contributed by atoms with Crippen LogP contribution >= 0.6 is 0 Å². The fraction of sp³-hybridized carbons (Fsp3) is 0.121. The minimum atomic E-state index is -0.561. The Bertz CT molecular complexity index is 1660. The number of esters is 1. The lowest BCUT2D eigenvalue weighted by molar-refractivity contribution is -0.150. The quantitative estimate of drug-likeness (QED) is 0.226. The summed E-state index contributed by atoms with van der Waals surface area (Å²) in [6, 6.07) is 36.1. The molecule has 0 spiro atoms. The lowest BCUT2D eigenvalue weighted by Crippen LogP contribution is -2.22. The smallest absolute Gasteiger partial charge is 0.329 e. The Hall–Kier alpha value is -4.57. The summed E-state index contributed by atoms with van der Waals surface area (Å²) in [7, 11) is 1.65. The summed E-state index contributed by atoms with van der Waals surface area (Å²) < 4.78 is 13.8. The van der Waals surface area contributed by atoms with Gasteiger partial charge in [-0.25, -0.2) is 4.79 Å². The van der Waals surface area contributed by atoms with Crippen LogP contribution in [0.25, 0.3) is 32.4 Å². The van der Waals surface area contributed by atoms with Crippen LogP contribution in [0.2, 0.25) is 0 Å². The number of methoxy groups -OCH3 is 1. The molecular formula is C33H27NO3. The molecule has 0 bridgehead atoms. The first-order valence-electron chi connectivity index (χ1n) is 12.4. The van der Waals surface area contributed by atoms with Crippen molar-refractivity contribution >= 4 is 38.4 Å². The van der Waals surface area contributed by atoms with Gasteiger partial charge in [0.15, 0.2) is 6.10 Å². The molecule has 0 aliphatic heterocycles. The monoisotopic (exact) mass is 485 g/mol. The van der Waals surface area contributed by atoms with Crippen LogP contribution in [-0.4, -0.2) is 17.6 Å². The van der Waals surface area contributed by atoms with E-state index in [1.54, 1.807) is 7.11 Å². The molecule has 0 aliphatic carbocycles. The summed E-state index contributed by atoms with van der Waals surface area (Å²) in [5.41, 5.74) is 2.89. The van der Waals surface area contributed by atoms with E-state index in [9.17, 15) is 4.79 Å². The summed E-state index contributed by atoms with van der Waals surface area (Å²) in [5, 5.41) is 5.38. The minimum absolute atomic E-state index is 0.292. The fourth-order valence-corrected chi connectivity index (χ4v) is 5.19. The predicted molar refractivity (Wildman–Crippen MR) is 149 cm³/mol. The minimum Gasteiger partial charge on any atom is -0.497 e. The number of carbonyl (C=O) groups excluding carboxylic acids is 1. The van der Waals surface area contributed by atoms with Crippen molar-refractivity contribution in [2.75, 3.05) is 7.11 Å². The Morgan fingerprint density at radius 3 is 1.92 bits per heavy atom. The highest BCUT2D eigenvalue weighted by Crippen LogP contribution is 2.37. The Morgan fingerprint density at radius 1 is 0.703 bits per heavy atom. The van der Waals surface area contributed by atoms with Crippen LogP contribution in [0.3, 0.4) is 0 Å². The molecule has 0 fully saturated rings. The van der Waals surface area contributed by atoms with Gasteiger partial charge >= 0.3 is 5.97 Å². The number of nitrogens with zero attached hydrogens (tertiary/aromatic N) is 1. The Kier molecular flexibility index (Phi) is 5.85. The molecule has 1 atom stereocenters. The maximum atomic E-state index is 13.8. The lowest BCUT2D eigenvalue weighted by atomic mass is 9.92. The van der Waals surface area contributed by atoms with Gasteiger partial charge in [-0.3, -0.25) is 0 Å². The van der Waals surface area contributed by atoms with Crippen LogP contribution in [0.15, 0.2) is 115 Å². The van der Waals surface area contributed by atoms with Gasteiger partial charge in [-0.1, -0.05) is 84.9 Å². The molecule has 1 heterocycles. The van der Waals surface area contributed by atoms with E-state index in [0.29, 0.717) is 0 Å². The second-order valence-electron chi connectivity index (χ2n) is 9.28. The average Bonchev–Trinajstić information content (AvgIpc) is 3.38. The van der Waals surface area contributed by atoms with Crippen LogP contribution in [0.1, 0.15) is 30.2 Å². The standard InChI is InChI=1S/C33H27NO3/c1-22(34-20-19-25-21-26(36-2)17-18-31(25)34)33(35)37-32(29-15-7-11-23-9-3-5-13-27(23)29)30-16-8-12-24-10-4-6-14-28(24)30/h3-22,32H,1-2H3/t22-/m0/s1. The van der Waals surface area contributed by atoms with Crippen molar-refractivity contribution in [3.05, 3.63) is 127 Å². The molecule has 0 saturated heterocycles. The summed E-state index contributed by atoms with van der Waals surface area (Å²) in [4.78, 5) is 13.8. The summed E-state index contributed by atoms with van der Waals surface area (Å²) in [6.45, 7) is 1.88. The van der Waals surface area contributed by atoms with Gasteiger partial charge in [0.25, 0.3) is 0 Å². The fourth-order valence-electron chi connectivity index (χ4n) is 5.19. The number of benzene rings is 5. The summed E-state index contributed by atoms with van der Waals surface area (Å²) in [5.74, 6) is 0.492. The maximum Gasteiger partial charge on any atom is 0.329 e. The van der Waals surface area contributed by atoms with Crippen molar-refractivity contribution in [1.29, 1.82) is 0 Å². The first-order valence-corrected chi connectivity index (χ1v) is 12.4. The summed E-state index contributed by atoms with van der Waals surface area (Å²) >= 11 is 0. The molecule has 5 aromatic carbocycles. The number of hydrogen-bond donors (Lipinski definition) is 0. The lowest BCUT2D eigenvalue weighted by Gasteiger charge is -2.24. The van der Waals surface area contributed by atoms with Gasteiger partial charge in [0, 0.05) is 28.2 Å². The molecule has 0 radical (unpaired) electrons. The van der Waals surface area contributed by atoms with Crippen LogP contribution in [-0.2, 0) is 9.53 Å². The molecule has 1 aromatic heterocycles. The van der Waals surface area contributed by atoms with Crippen LogP contribution in [0, 0.1) is 0 Å². The van der Waals surface area contributed by atoms with Gasteiger partial charge in [0.2, 0.25) is 0 Å². The number of hydrogen-bond acceptors (Lipinski definition) is 3. The molecule has 37 heavy (non-hydrogen) atoms. The molecule has 4 heteroatoms. The van der Waals surface area contributed by atoms with Crippen molar-refractivity contribution in [3.8, 4) is 5.75 Å². The van der Waals surface area contributed by atoms with Crippen molar-refractivity contribution in [2.45, 2.75) is 19.1 Å². The van der Waals surface area contributed by atoms with E-state index in [4.69, 9.17) is 9.47 Å². The first kappa shape index (κ1) is 22.9. The molecular weight excluding hydrogens is 458 g/mol. The molecule has 0 amide bonds. The van der Waals surface area contributed by atoms with Crippen molar-refractivity contribution in [2.24, 2.45) is 0 Å². The molecule has 4 nitrogen and oxygen atoms in total. The van der Waals surface area contributed by atoms with Crippen LogP contribution in [0.5, 0.6) is 5.75 Å². The zero-order chi connectivity index (χ0) is 25.4. The average molecular weight is 486 g/mol. The summed E-state index contributed by atoms with van der Waals surface area (Å²) in [6.07, 6.45) is 1.37. The highest BCUT2D eigenvalue weighted by molar-refractivity contribution is 5.91. The third-order valence-electron chi connectivity index (χ3n) is 7.13. The molecule has 182 valence electrons. The second-order valence-corrected chi connectivity index (χ2v) is 9.28. The molecule has 0 saturated carbocycles. The van der Waals surface area contributed by atoms with E-state index in [-0.39, 0.29) is 5.97 Å². The number of aromatic nitrogens is 1. The zero-order valence-electron chi connectivity index (χ0n) is 20.8. The van der Waals surface area contributed by atoms with E-state index in [0.717, 1.165) is 49.3 Å². The number of carbonyl (C=O) groups is 1. The van der Waals surface area contributed by atoms with E-state index in [1.807, 2.05) is 78.4 Å².